The number of para-hydroxylation sites is 2. The maximum atomic E-state index is 12.1. The summed E-state index contributed by atoms with van der Waals surface area (Å²) in [5.74, 6) is -0.221. The molecule has 136 valence electrons. The average Bonchev–Trinajstić information content (AvgIpc) is 3.13. The summed E-state index contributed by atoms with van der Waals surface area (Å²) >= 11 is 0. The highest BCUT2D eigenvalue weighted by molar-refractivity contribution is 5.76. The summed E-state index contributed by atoms with van der Waals surface area (Å²) in [4.78, 5) is 26.9. The number of aryl methyl sites for hydroxylation is 2. The van der Waals surface area contributed by atoms with Crippen LogP contribution in [0.1, 0.15) is 17.8 Å². The Balaban J connectivity index is 1.50. The van der Waals surface area contributed by atoms with E-state index in [1.165, 1.54) is 4.68 Å². The first kappa shape index (κ1) is 17.6. The van der Waals surface area contributed by atoms with Gasteiger partial charge in [-0.2, -0.15) is 5.10 Å². The average molecular weight is 356 g/mol. The number of benzene rings is 1. The van der Waals surface area contributed by atoms with Crippen molar-refractivity contribution in [1.29, 1.82) is 0 Å². The second-order valence-corrected chi connectivity index (χ2v) is 6.06. The van der Waals surface area contributed by atoms with Crippen LogP contribution in [0.25, 0.3) is 11.0 Å². The largest absolute Gasteiger partial charge is 0.354 e. The van der Waals surface area contributed by atoms with E-state index in [9.17, 15) is 14.9 Å². The lowest BCUT2D eigenvalue weighted by molar-refractivity contribution is -0.386. The zero-order valence-corrected chi connectivity index (χ0v) is 14.7. The Hall–Kier alpha value is -3.23. The highest BCUT2D eigenvalue weighted by Gasteiger charge is 2.22. The molecule has 2 aromatic heterocycles. The molecule has 0 unspecified atom stereocenters. The van der Waals surface area contributed by atoms with Crippen molar-refractivity contribution in [3.8, 4) is 0 Å². The maximum absolute atomic E-state index is 12.1. The molecular formula is C17H20N6O3. The van der Waals surface area contributed by atoms with E-state index in [1.54, 1.807) is 20.2 Å². The third-order valence-corrected chi connectivity index (χ3v) is 4.24. The van der Waals surface area contributed by atoms with Crippen LogP contribution < -0.4 is 5.32 Å². The molecule has 1 N–H and O–H groups in total. The van der Waals surface area contributed by atoms with E-state index >= 15 is 0 Å². The van der Waals surface area contributed by atoms with Gasteiger partial charge in [0.1, 0.15) is 17.9 Å². The molecule has 1 amide bonds. The Labute approximate surface area is 149 Å². The van der Waals surface area contributed by atoms with Crippen LogP contribution in [0.4, 0.5) is 5.69 Å². The standard InChI is InChI=1S/C17H20N6O3/c1-12-17(23(25)26)13(2)22(20-12)10-16(24)18-8-5-9-21-11-19-14-6-3-4-7-15(14)21/h3-4,6-7,11H,5,8-10H2,1-2H3,(H,18,24). The highest BCUT2D eigenvalue weighted by Crippen LogP contribution is 2.21. The Morgan fingerprint density at radius 2 is 2.08 bits per heavy atom. The number of nitro groups is 1. The molecule has 0 spiro atoms. The van der Waals surface area contributed by atoms with Gasteiger partial charge in [0.15, 0.2) is 0 Å². The van der Waals surface area contributed by atoms with E-state index in [-0.39, 0.29) is 18.1 Å². The lowest BCUT2D eigenvalue weighted by Gasteiger charge is -2.07. The van der Waals surface area contributed by atoms with Gasteiger partial charge in [0.25, 0.3) is 0 Å². The molecule has 0 saturated carbocycles. The number of nitrogens with one attached hydrogen (secondary N) is 1. The van der Waals surface area contributed by atoms with E-state index in [0.29, 0.717) is 17.9 Å². The molecule has 9 nitrogen and oxygen atoms in total. The monoisotopic (exact) mass is 356 g/mol. The Bertz CT molecular complexity index is 959. The lowest BCUT2D eigenvalue weighted by Crippen LogP contribution is -2.29. The molecule has 26 heavy (non-hydrogen) atoms. The van der Waals surface area contributed by atoms with Gasteiger partial charge in [-0.1, -0.05) is 12.1 Å². The molecule has 0 aliphatic heterocycles. The number of aromatic nitrogens is 4. The van der Waals surface area contributed by atoms with Gasteiger partial charge in [0.2, 0.25) is 5.91 Å². The first-order valence-corrected chi connectivity index (χ1v) is 8.32. The summed E-state index contributed by atoms with van der Waals surface area (Å²) in [5.41, 5.74) is 2.67. The Kier molecular flexibility index (Phi) is 4.97. The minimum atomic E-state index is -0.471. The summed E-state index contributed by atoms with van der Waals surface area (Å²) in [6.45, 7) is 4.37. The number of rotatable bonds is 7. The Morgan fingerprint density at radius 1 is 1.31 bits per heavy atom. The fraction of sp³-hybridized carbons (Fsp3) is 0.353. The van der Waals surface area contributed by atoms with Crippen LogP contribution in [0.15, 0.2) is 30.6 Å². The minimum absolute atomic E-state index is 0.0332. The predicted octanol–water partition coefficient (Wildman–Crippen LogP) is 1.96. The third-order valence-electron chi connectivity index (χ3n) is 4.24. The van der Waals surface area contributed by atoms with Gasteiger partial charge < -0.3 is 9.88 Å². The highest BCUT2D eigenvalue weighted by atomic mass is 16.6. The molecule has 0 bridgehead atoms. The fourth-order valence-corrected chi connectivity index (χ4v) is 2.96. The molecule has 0 atom stereocenters. The van der Waals surface area contributed by atoms with Crippen molar-refractivity contribution in [1.82, 2.24) is 24.6 Å². The molecule has 0 aliphatic rings. The number of hydrogen-bond donors (Lipinski definition) is 1. The second kappa shape index (κ2) is 7.34. The normalized spacial score (nSPS) is 11.0. The third kappa shape index (κ3) is 3.56. The zero-order valence-electron chi connectivity index (χ0n) is 14.7. The summed E-state index contributed by atoms with van der Waals surface area (Å²) in [6.07, 6.45) is 2.55. The van der Waals surface area contributed by atoms with Gasteiger partial charge in [-0.3, -0.25) is 19.6 Å². The van der Waals surface area contributed by atoms with Crippen molar-refractivity contribution in [2.45, 2.75) is 33.4 Å². The maximum Gasteiger partial charge on any atom is 0.312 e. The quantitative estimate of drug-likeness (QED) is 0.395. The van der Waals surface area contributed by atoms with Crippen molar-refractivity contribution in [3.63, 3.8) is 0 Å². The van der Waals surface area contributed by atoms with Crippen molar-refractivity contribution in [2.75, 3.05) is 6.54 Å². The van der Waals surface area contributed by atoms with Crippen LogP contribution in [0, 0.1) is 24.0 Å². The van der Waals surface area contributed by atoms with Gasteiger partial charge in [0.05, 0.1) is 22.3 Å². The van der Waals surface area contributed by atoms with Crippen LogP contribution in [0.5, 0.6) is 0 Å². The van der Waals surface area contributed by atoms with E-state index < -0.39 is 4.92 Å². The molecule has 1 aromatic carbocycles. The van der Waals surface area contributed by atoms with Crippen LogP contribution in [-0.4, -0.2) is 36.7 Å². The smallest absolute Gasteiger partial charge is 0.312 e. The zero-order chi connectivity index (χ0) is 18.7. The number of fused-ring (bicyclic) bond motifs is 1. The number of imidazole rings is 1. The van der Waals surface area contributed by atoms with Crippen LogP contribution in [-0.2, 0) is 17.9 Å². The van der Waals surface area contributed by atoms with Gasteiger partial charge in [0, 0.05) is 13.1 Å². The van der Waals surface area contributed by atoms with Crippen molar-refractivity contribution < 1.29 is 9.72 Å². The molecule has 0 aliphatic carbocycles. The van der Waals surface area contributed by atoms with E-state index in [2.05, 4.69) is 15.4 Å². The van der Waals surface area contributed by atoms with Gasteiger partial charge in [-0.15, -0.1) is 0 Å². The summed E-state index contributed by atoms with van der Waals surface area (Å²) < 4.78 is 3.41. The molecular weight excluding hydrogens is 336 g/mol. The summed E-state index contributed by atoms with van der Waals surface area (Å²) in [7, 11) is 0. The predicted molar refractivity (Wildman–Crippen MR) is 95.7 cm³/mol. The summed E-state index contributed by atoms with van der Waals surface area (Å²) in [5, 5.41) is 17.9. The van der Waals surface area contributed by atoms with Crippen LogP contribution in [0.2, 0.25) is 0 Å². The van der Waals surface area contributed by atoms with E-state index in [4.69, 9.17) is 0 Å². The molecule has 9 heteroatoms. The minimum Gasteiger partial charge on any atom is -0.354 e. The molecule has 2 heterocycles. The number of amides is 1. The van der Waals surface area contributed by atoms with Gasteiger partial charge >= 0.3 is 5.69 Å². The second-order valence-electron chi connectivity index (χ2n) is 6.06. The van der Waals surface area contributed by atoms with Crippen LogP contribution in [0.3, 0.4) is 0 Å². The van der Waals surface area contributed by atoms with E-state index in [1.807, 2.05) is 28.8 Å². The molecule has 0 fully saturated rings. The molecule has 3 aromatic rings. The first-order valence-electron chi connectivity index (χ1n) is 8.32. The Morgan fingerprint density at radius 3 is 2.81 bits per heavy atom. The number of carbonyl (C=O) groups excluding carboxylic acids is 1. The summed E-state index contributed by atoms with van der Waals surface area (Å²) in [6, 6.07) is 7.89. The number of carbonyl (C=O) groups is 1. The van der Waals surface area contributed by atoms with E-state index in [0.717, 1.165) is 24.0 Å². The molecule has 3 rings (SSSR count). The van der Waals surface area contributed by atoms with Crippen molar-refractivity contribution >= 4 is 22.6 Å². The number of nitrogens with zero attached hydrogens (tertiary/aromatic N) is 5. The van der Waals surface area contributed by atoms with Gasteiger partial charge in [-0.25, -0.2) is 4.98 Å². The topological polar surface area (TPSA) is 108 Å². The SMILES string of the molecule is Cc1nn(CC(=O)NCCCn2cnc3ccccc32)c(C)c1[N+](=O)[O-]. The van der Waals surface area contributed by atoms with Crippen molar-refractivity contribution in [3.05, 3.63) is 52.1 Å². The lowest BCUT2D eigenvalue weighted by atomic mass is 10.3. The molecule has 0 saturated heterocycles. The van der Waals surface area contributed by atoms with Gasteiger partial charge in [-0.05, 0) is 32.4 Å². The number of hydrogen-bond acceptors (Lipinski definition) is 5. The van der Waals surface area contributed by atoms with Crippen LogP contribution >= 0.6 is 0 Å². The van der Waals surface area contributed by atoms with Crippen molar-refractivity contribution in [2.24, 2.45) is 0 Å². The fourth-order valence-electron chi connectivity index (χ4n) is 2.96. The molecule has 0 radical (unpaired) electrons. The first-order chi connectivity index (χ1) is 12.5.